The SMILES string of the molecule is CN(C)CCOC(=O)C(F)(F)S(=O)(=O)[O-]. The van der Waals surface area contributed by atoms with Crippen molar-refractivity contribution in [3.63, 3.8) is 0 Å². The minimum atomic E-state index is -6.02. The molecule has 15 heavy (non-hydrogen) atoms. The number of nitrogens with zero attached hydrogens (tertiary/aromatic N) is 1. The van der Waals surface area contributed by atoms with Gasteiger partial charge in [0.2, 0.25) is 0 Å². The van der Waals surface area contributed by atoms with Gasteiger partial charge >= 0.3 is 11.2 Å². The lowest BCUT2D eigenvalue weighted by Gasteiger charge is -2.18. The first-order chi connectivity index (χ1) is 6.59. The molecule has 0 aromatic heterocycles. The molecule has 9 heteroatoms. The van der Waals surface area contributed by atoms with Gasteiger partial charge in [-0.1, -0.05) is 0 Å². The summed E-state index contributed by atoms with van der Waals surface area (Å²) in [4.78, 5) is 12.0. The van der Waals surface area contributed by atoms with Crippen LogP contribution in [0.1, 0.15) is 0 Å². The van der Waals surface area contributed by atoms with Crippen molar-refractivity contribution in [1.82, 2.24) is 4.90 Å². The molecular formula is C6H10F2NO5S-. The van der Waals surface area contributed by atoms with Crippen molar-refractivity contribution in [2.45, 2.75) is 5.25 Å². The number of halogens is 2. The van der Waals surface area contributed by atoms with E-state index in [1.54, 1.807) is 14.1 Å². The average Bonchev–Trinajstić information content (AvgIpc) is 2.01. The lowest BCUT2D eigenvalue weighted by Crippen LogP contribution is -2.39. The maximum Gasteiger partial charge on any atom is 0.428 e. The van der Waals surface area contributed by atoms with Crippen molar-refractivity contribution in [3.05, 3.63) is 0 Å². The highest BCUT2D eigenvalue weighted by Crippen LogP contribution is 2.21. The van der Waals surface area contributed by atoms with Crippen LogP contribution in [0.5, 0.6) is 0 Å². The Morgan fingerprint density at radius 1 is 1.47 bits per heavy atom. The Kier molecular flexibility index (Phi) is 4.56. The van der Waals surface area contributed by atoms with E-state index in [0.29, 0.717) is 0 Å². The average molecular weight is 246 g/mol. The van der Waals surface area contributed by atoms with Crippen molar-refractivity contribution in [2.24, 2.45) is 0 Å². The fourth-order valence-corrected chi connectivity index (χ4v) is 0.770. The molecule has 0 spiro atoms. The number of ether oxygens (including phenoxy) is 1. The van der Waals surface area contributed by atoms with Gasteiger partial charge in [-0.05, 0) is 14.1 Å². The van der Waals surface area contributed by atoms with E-state index in [2.05, 4.69) is 4.74 Å². The van der Waals surface area contributed by atoms with Gasteiger partial charge in [-0.3, -0.25) is 0 Å². The first-order valence-electron chi connectivity index (χ1n) is 3.74. The number of rotatable bonds is 5. The monoisotopic (exact) mass is 246 g/mol. The summed E-state index contributed by atoms with van der Waals surface area (Å²) in [5.74, 6) is -2.35. The van der Waals surface area contributed by atoms with Gasteiger partial charge in [0.15, 0.2) is 10.1 Å². The van der Waals surface area contributed by atoms with E-state index in [9.17, 15) is 26.5 Å². The zero-order valence-electron chi connectivity index (χ0n) is 8.07. The van der Waals surface area contributed by atoms with Gasteiger partial charge in [0, 0.05) is 6.54 Å². The molecular weight excluding hydrogens is 236 g/mol. The first kappa shape index (κ1) is 14.2. The van der Waals surface area contributed by atoms with E-state index in [1.165, 1.54) is 4.90 Å². The van der Waals surface area contributed by atoms with Gasteiger partial charge in [-0.15, -0.1) is 0 Å². The third-order valence-corrected chi connectivity index (χ3v) is 2.12. The molecule has 0 rings (SSSR count). The summed E-state index contributed by atoms with van der Waals surface area (Å²) in [6, 6.07) is 0. The molecule has 0 aliphatic heterocycles. The van der Waals surface area contributed by atoms with Crippen LogP contribution in [0.4, 0.5) is 8.78 Å². The highest BCUT2D eigenvalue weighted by Gasteiger charge is 2.48. The predicted molar refractivity (Wildman–Crippen MR) is 44.2 cm³/mol. The lowest BCUT2D eigenvalue weighted by atomic mass is 10.6. The summed E-state index contributed by atoms with van der Waals surface area (Å²) in [6.07, 6.45) is 0. The van der Waals surface area contributed by atoms with Gasteiger partial charge < -0.3 is 14.2 Å². The zero-order valence-corrected chi connectivity index (χ0v) is 8.88. The molecule has 0 atom stereocenters. The Morgan fingerprint density at radius 3 is 2.27 bits per heavy atom. The minimum absolute atomic E-state index is 0.140. The maximum absolute atomic E-state index is 12.5. The number of hydrogen-bond acceptors (Lipinski definition) is 6. The van der Waals surface area contributed by atoms with Crippen LogP contribution in [-0.4, -0.2) is 56.3 Å². The molecule has 0 heterocycles. The van der Waals surface area contributed by atoms with Crippen LogP contribution in [-0.2, 0) is 19.6 Å². The summed E-state index contributed by atoms with van der Waals surface area (Å²) in [5.41, 5.74) is 0. The third-order valence-electron chi connectivity index (χ3n) is 1.32. The van der Waals surface area contributed by atoms with Crippen LogP contribution in [0.3, 0.4) is 0 Å². The molecule has 0 radical (unpaired) electrons. The van der Waals surface area contributed by atoms with Crippen LogP contribution < -0.4 is 0 Å². The quantitative estimate of drug-likeness (QED) is 0.467. The van der Waals surface area contributed by atoms with Crippen LogP contribution in [0.15, 0.2) is 0 Å². The molecule has 0 unspecified atom stereocenters. The van der Waals surface area contributed by atoms with E-state index < -0.39 is 27.9 Å². The summed E-state index contributed by atoms with van der Waals surface area (Å²) >= 11 is 0. The molecule has 0 aromatic carbocycles. The van der Waals surface area contributed by atoms with Crippen molar-refractivity contribution in [1.29, 1.82) is 0 Å². The normalized spacial score (nSPS) is 12.9. The highest BCUT2D eigenvalue weighted by molar-refractivity contribution is 7.87. The van der Waals surface area contributed by atoms with Gasteiger partial charge in [0.1, 0.15) is 6.61 Å². The van der Waals surface area contributed by atoms with E-state index in [0.717, 1.165) is 0 Å². The van der Waals surface area contributed by atoms with Crippen LogP contribution in [0.25, 0.3) is 0 Å². The number of carbonyl (C=O) groups is 1. The Hall–Kier alpha value is -0.800. The van der Waals surface area contributed by atoms with Crippen molar-refractivity contribution < 1.29 is 31.3 Å². The van der Waals surface area contributed by atoms with E-state index in [1.807, 2.05) is 0 Å². The second kappa shape index (κ2) is 4.81. The number of hydrogen-bond donors (Lipinski definition) is 0. The second-order valence-electron chi connectivity index (χ2n) is 2.91. The molecule has 0 aliphatic rings. The van der Waals surface area contributed by atoms with Crippen LogP contribution in [0.2, 0.25) is 0 Å². The summed E-state index contributed by atoms with van der Waals surface area (Å²) in [6.45, 7) is -0.280. The van der Waals surface area contributed by atoms with E-state index in [4.69, 9.17) is 0 Å². The zero-order chi connectivity index (χ0) is 12.3. The highest BCUT2D eigenvalue weighted by atomic mass is 32.2. The minimum Gasteiger partial charge on any atom is -0.743 e. The van der Waals surface area contributed by atoms with Crippen molar-refractivity contribution in [2.75, 3.05) is 27.2 Å². The summed E-state index contributed by atoms with van der Waals surface area (Å²) in [5, 5.41) is -5.03. The van der Waals surface area contributed by atoms with E-state index in [-0.39, 0.29) is 6.54 Å². The Morgan fingerprint density at radius 2 is 1.93 bits per heavy atom. The number of likely N-dealkylation sites (N-methyl/N-ethyl adjacent to an activating group) is 1. The second-order valence-corrected chi connectivity index (χ2v) is 4.33. The van der Waals surface area contributed by atoms with Gasteiger partial charge in [0.25, 0.3) is 0 Å². The molecule has 0 N–H and O–H groups in total. The topological polar surface area (TPSA) is 86.7 Å². The summed E-state index contributed by atoms with van der Waals surface area (Å²) < 4.78 is 58.8. The number of esters is 1. The molecule has 0 aliphatic carbocycles. The van der Waals surface area contributed by atoms with Gasteiger partial charge in [-0.25, -0.2) is 13.2 Å². The molecule has 90 valence electrons. The molecule has 0 bridgehead atoms. The summed E-state index contributed by atoms with van der Waals surface area (Å²) in [7, 11) is -2.84. The standard InChI is InChI=1S/C6H11F2NO5S/c1-9(2)3-4-14-5(10)6(7,8)15(11,12)13/h3-4H2,1-2H3,(H,11,12,13)/p-1. The molecule has 0 aromatic rings. The number of carbonyl (C=O) groups excluding carboxylic acids is 1. The molecule has 0 fully saturated rings. The Labute approximate surface area is 85.6 Å². The predicted octanol–water partition coefficient (Wildman–Crippen LogP) is -0.771. The Bertz CT molecular complexity index is 326. The maximum atomic E-state index is 12.5. The van der Waals surface area contributed by atoms with Crippen molar-refractivity contribution in [3.8, 4) is 0 Å². The smallest absolute Gasteiger partial charge is 0.428 e. The van der Waals surface area contributed by atoms with Crippen LogP contribution in [0, 0.1) is 0 Å². The van der Waals surface area contributed by atoms with Crippen molar-refractivity contribution >= 4 is 16.1 Å². The van der Waals surface area contributed by atoms with E-state index >= 15 is 0 Å². The first-order valence-corrected chi connectivity index (χ1v) is 5.15. The molecule has 0 saturated heterocycles. The third kappa shape index (κ3) is 4.06. The fourth-order valence-electron chi connectivity index (χ4n) is 0.507. The van der Waals surface area contributed by atoms with Gasteiger partial charge in [-0.2, -0.15) is 8.78 Å². The number of alkyl halides is 2. The Balaban J connectivity index is 4.35. The van der Waals surface area contributed by atoms with Crippen LogP contribution >= 0.6 is 0 Å². The fraction of sp³-hybridized carbons (Fsp3) is 0.833. The largest absolute Gasteiger partial charge is 0.743 e. The molecule has 0 amide bonds. The lowest BCUT2D eigenvalue weighted by molar-refractivity contribution is -0.161. The molecule has 0 saturated carbocycles. The van der Waals surface area contributed by atoms with Gasteiger partial charge in [0.05, 0.1) is 0 Å². The molecule has 6 nitrogen and oxygen atoms in total.